The molecule has 4 aliphatic carbocycles. The first kappa shape index (κ1) is 19.3. The molecule has 0 bridgehead atoms. The van der Waals surface area contributed by atoms with Crippen molar-refractivity contribution in [2.24, 2.45) is 28.6 Å². The number of allylic oxidation sites excluding steroid dienone is 1. The average molecular weight is 376 g/mol. The predicted molar refractivity (Wildman–Crippen MR) is 99.9 cm³/mol. The van der Waals surface area contributed by atoms with Crippen molar-refractivity contribution in [2.45, 2.75) is 70.5 Å². The van der Waals surface area contributed by atoms with E-state index in [-0.39, 0.29) is 41.3 Å². The van der Waals surface area contributed by atoms with Crippen LogP contribution < -0.4 is 0 Å². The Balaban J connectivity index is 1.71. The van der Waals surface area contributed by atoms with Gasteiger partial charge in [-0.15, -0.1) is 0 Å². The van der Waals surface area contributed by atoms with E-state index in [0.717, 1.165) is 25.7 Å². The second kappa shape index (κ2) is 6.23. The maximum Gasteiger partial charge on any atom is 0.190 e. The third-order valence-corrected chi connectivity index (χ3v) is 8.79. The number of Topliss-reactive ketones (excluding diaryl/α,β-unsaturated/α-hetero) is 1. The molecule has 3 saturated carbocycles. The third-order valence-electron chi connectivity index (χ3n) is 8.79. The van der Waals surface area contributed by atoms with E-state index in [4.69, 9.17) is 4.74 Å². The van der Waals surface area contributed by atoms with Gasteiger partial charge in [0.15, 0.2) is 11.6 Å². The topological polar surface area (TPSA) is 83.8 Å². The highest BCUT2D eigenvalue weighted by Crippen LogP contribution is 2.67. The van der Waals surface area contributed by atoms with Crippen LogP contribution in [0.5, 0.6) is 0 Å². The van der Waals surface area contributed by atoms with Crippen molar-refractivity contribution in [2.75, 3.05) is 13.7 Å². The van der Waals surface area contributed by atoms with Crippen molar-refractivity contribution in [3.63, 3.8) is 0 Å². The lowest BCUT2D eigenvalue weighted by Crippen LogP contribution is -2.62. The summed E-state index contributed by atoms with van der Waals surface area (Å²) in [4.78, 5) is 24.7. The summed E-state index contributed by atoms with van der Waals surface area (Å²) in [6.45, 7) is 4.12. The smallest absolute Gasteiger partial charge is 0.190 e. The Morgan fingerprint density at radius 1 is 1.26 bits per heavy atom. The summed E-state index contributed by atoms with van der Waals surface area (Å²) in [5, 5.41) is 22.7. The van der Waals surface area contributed by atoms with Crippen molar-refractivity contribution >= 4 is 11.6 Å². The van der Waals surface area contributed by atoms with Crippen molar-refractivity contribution in [1.29, 1.82) is 0 Å². The van der Waals surface area contributed by atoms with Gasteiger partial charge in [-0.2, -0.15) is 0 Å². The maximum absolute atomic E-state index is 12.7. The summed E-state index contributed by atoms with van der Waals surface area (Å²) in [5.74, 6) is 0.540. The standard InChI is InChI=1S/C22H32O5/c1-20-8-6-14(23)10-13(20)4-5-15-16-7-9-22(26,18(25)12-27-3)21(16,2)11-17(24)19(15)20/h10,15-17,19,24,26H,4-9,11-12H2,1-3H3/t15-,16-,17-,19+,20-,21-,22-/m0/s1. The monoisotopic (exact) mass is 376 g/mol. The maximum atomic E-state index is 12.7. The summed E-state index contributed by atoms with van der Waals surface area (Å²) in [6, 6.07) is 0. The molecule has 0 aromatic carbocycles. The number of hydrogen-bond acceptors (Lipinski definition) is 5. The molecule has 150 valence electrons. The Labute approximate surface area is 161 Å². The highest BCUT2D eigenvalue weighted by atomic mass is 16.5. The van der Waals surface area contributed by atoms with Gasteiger partial charge in [0.05, 0.1) is 6.10 Å². The molecule has 5 nitrogen and oxygen atoms in total. The molecule has 0 spiro atoms. The van der Waals surface area contributed by atoms with Crippen LogP contribution in [-0.2, 0) is 14.3 Å². The highest BCUT2D eigenvalue weighted by molar-refractivity contribution is 5.91. The van der Waals surface area contributed by atoms with Crippen molar-refractivity contribution in [3.8, 4) is 0 Å². The van der Waals surface area contributed by atoms with E-state index < -0.39 is 17.1 Å². The largest absolute Gasteiger partial charge is 0.393 e. The number of aliphatic hydroxyl groups is 2. The molecule has 2 N–H and O–H groups in total. The molecular weight excluding hydrogens is 344 g/mol. The minimum atomic E-state index is -1.42. The minimum Gasteiger partial charge on any atom is -0.393 e. The normalized spacial score (nSPS) is 49.1. The van der Waals surface area contributed by atoms with Gasteiger partial charge in [0.1, 0.15) is 12.2 Å². The zero-order valence-electron chi connectivity index (χ0n) is 16.7. The highest BCUT2D eigenvalue weighted by Gasteiger charge is 2.68. The van der Waals surface area contributed by atoms with Gasteiger partial charge < -0.3 is 14.9 Å². The van der Waals surface area contributed by atoms with E-state index >= 15 is 0 Å². The Morgan fingerprint density at radius 3 is 2.70 bits per heavy atom. The van der Waals surface area contributed by atoms with E-state index in [9.17, 15) is 19.8 Å². The fourth-order valence-corrected chi connectivity index (χ4v) is 7.40. The quantitative estimate of drug-likeness (QED) is 0.790. The Morgan fingerprint density at radius 2 is 2.00 bits per heavy atom. The van der Waals surface area contributed by atoms with Crippen molar-refractivity contribution < 1.29 is 24.5 Å². The number of fused-ring (bicyclic) bond motifs is 5. The molecule has 0 aromatic rings. The number of hydrogen-bond donors (Lipinski definition) is 2. The van der Waals surface area contributed by atoms with E-state index in [0.29, 0.717) is 19.3 Å². The van der Waals surface area contributed by atoms with Crippen LogP contribution in [0, 0.1) is 28.6 Å². The summed E-state index contributed by atoms with van der Waals surface area (Å²) >= 11 is 0. The Bertz CT molecular complexity index is 699. The second-order valence-electron chi connectivity index (χ2n) is 9.83. The first-order valence-electron chi connectivity index (χ1n) is 10.3. The molecule has 0 heterocycles. The summed E-state index contributed by atoms with van der Waals surface area (Å²) < 4.78 is 5.02. The fraction of sp³-hybridized carbons (Fsp3) is 0.818. The van der Waals surface area contributed by atoms with Gasteiger partial charge in [-0.05, 0) is 67.8 Å². The first-order chi connectivity index (χ1) is 12.7. The van der Waals surface area contributed by atoms with E-state index in [2.05, 4.69) is 6.92 Å². The van der Waals surface area contributed by atoms with Crippen LogP contribution in [0.25, 0.3) is 0 Å². The molecule has 3 fully saturated rings. The van der Waals surface area contributed by atoms with Crippen LogP contribution in [0.3, 0.4) is 0 Å². The molecule has 0 aromatic heterocycles. The Hall–Kier alpha value is -1.04. The second-order valence-corrected chi connectivity index (χ2v) is 9.83. The molecule has 4 aliphatic rings. The van der Waals surface area contributed by atoms with Gasteiger partial charge in [-0.3, -0.25) is 9.59 Å². The summed E-state index contributed by atoms with van der Waals surface area (Å²) in [5.41, 5.74) is -0.981. The molecule has 0 unspecified atom stereocenters. The zero-order valence-corrected chi connectivity index (χ0v) is 16.7. The van der Waals surface area contributed by atoms with Crippen molar-refractivity contribution in [1.82, 2.24) is 0 Å². The lowest BCUT2D eigenvalue weighted by molar-refractivity contribution is -0.182. The third kappa shape index (κ3) is 2.47. The van der Waals surface area contributed by atoms with Gasteiger partial charge in [-0.1, -0.05) is 19.4 Å². The zero-order chi connectivity index (χ0) is 19.6. The molecule has 7 atom stereocenters. The molecule has 0 aliphatic heterocycles. The van der Waals surface area contributed by atoms with Crippen molar-refractivity contribution in [3.05, 3.63) is 11.6 Å². The minimum absolute atomic E-state index is 0.0876. The number of ketones is 2. The predicted octanol–water partition coefficient (Wildman–Crippen LogP) is 2.44. The molecule has 0 radical (unpaired) electrons. The number of rotatable bonds is 3. The van der Waals surface area contributed by atoms with Gasteiger partial charge in [0.2, 0.25) is 0 Å². The van der Waals surface area contributed by atoms with Crippen LogP contribution >= 0.6 is 0 Å². The lowest BCUT2D eigenvalue weighted by atomic mass is 9.45. The van der Waals surface area contributed by atoms with Crippen LogP contribution in [0.4, 0.5) is 0 Å². The van der Waals surface area contributed by atoms with E-state index in [1.54, 1.807) is 0 Å². The van der Waals surface area contributed by atoms with Gasteiger partial charge in [-0.25, -0.2) is 0 Å². The molecule has 5 heteroatoms. The van der Waals surface area contributed by atoms with Crippen LogP contribution in [0.15, 0.2) is 11.6 Å². The summed E-state index contributed by atoms with van der Waals surface area (Å²) in [7, 11) is 1.47. The summed E-state index contributed by atoms with van der Waals surface area (Å²) in [6.07, 6.45) is 6.10. The average Bonchev–Trinajstić information content (AvgIpc) is 2.87. The van der Waals surface area contributed by atoms with Gasteiger partial charge in [0, 0.05) is 18.9 Å². The number of methoxy groups -OCH3 is 1. The van der Waals surface area contributed by atoms with Crippen LogP contribution in [0.1, 0.15) is 58.8 Å². The molecule has 4 rings (SSSR count). The van der Waals surface area contributed by atoms with Gasteiger partial charge in [0.25, 0.3) is 0 Å². The number of ether oxygens (including phenoxy) is 1. The van der Waals surface area contributed by atoms with Crippen LogP contribution in [-0.4, -0.2) is 47.2 Å². The number of carbonyl (C=O) groups is 2. The first-order valence-corrected chi connectivity index (χ1v) is 10.3. The lowest BCUT2D eigenvalue weighted by Gasteiger charge is -2.60. The Kier molecular flexibility index (Phi) is 4.45. The van der Waals surface area contributed by atoms with E-state index in [1.807, 2.05) is 13.0 Å². The molecular formula is C22H32O5. The molecule has 0 amide bonds. The number of carbonyl (C=O) groups excluding carboxylic acids is 2. The van der Waals surface area contributed by atoms with Crippen LogP contribution in [0.2, 0.25) is 0 Å². The van der Waals surface area contributed by atoms with Gasteiger partial charge >= 0.3 is 0 Å². The SMILES string of the molecule is COCC(=O)[C@@]1(O)CC[C@H]2[C@@H]3CCC4=CC(=O)CC[C@]4(C)[C@H]3[C@@H](O)C[C@@]21C. The number of aliphatic hydroxyl groups excluding tert-OH is 1. The fourth-order valence-electron chi connectivity index (χ4n) is 7.40. The molecule has 0 saturated heterocycles. The van der Waals surface area contributed by atoms with E-state index in [1.165, 1.54) is 12.7 Å². The molecule has 27 heavy (non-hydrogen) atoms.